The lowest BCUT2D eigenvalue weighted by Gasteiger charge is -2.36. The summed E-state index contributed by atoms with van der Waals surface area (Å²) in [7, 11) is 0. The predicted molar refractivity (Wildman–Crippen MR) is 361 cm³/mol. The number of anilines is 3. The summed E-state index contributed by atoms with van der Waals surface area (Å²) in [5.74, 6) is 0. The number of aromatic nitrogens is 3. The highest BCUT2D eigenvalue weighted by Crippen LogP contribution is 2.48. The first-order valence-corrected chi connectivity index (χ1v) is 30.5. The van der Waals surface area contributed by atoms with Crippen LogP contribution in [0.2, 0.25) is 0 Å². The van der Waals surface area contributed by atoms with Crippen LogP contribution in [0.4, 0.5) is 17.1 Å². The Balaban J connectivity index is 1.16. The number of nitrogens with zero attached hydrogens (tertiary/aromatic N) is 4. The molecule has 12 aromatic rings. The van der Waals surface area contributed by atoms with E-state index >= 15 is 0 Å². The zero-order valence-electron chi connectivity index (χ0n) is 52.5. The van der Waals surface area contributed by atoms with Crippen LogP contribution in [0.1, 0.15) is 158 Å². The Hall–Kier alpha value is -7.76. The summed E-state index contributed by atoms with van der Waals surface area (Å²) in [4.78, 5) is 2.51. The van der Waals surface area contributed by atoms with Crippen molar-refractivity contribution in [3.63, 3.8) is 0 Å². The Morgan fingerprint density at radius 1 is 0.301 bits per heavy atom. The van der Waals surface area contributed by atoms with E-state index < -0.39 is 0 Å². The van der Waals surface area contributed by atoms with E-state index in [1.165, 1.54) is 127 Å². The first-order valence-electron chi connectivity index (χ1n) is 30.5. The molecule has 14 rings (SSSR count). The molecular weight excluding hydrogens is 1000 g/mol. The van der Waals surface area contributed by atoms with Gasteiger partial charge in [-0.25, -0.2) is 0 Å². The first kappa shape index (κ1) is 53.3. The molecule has 0 radical (unpaired) electrons. The summed E-state index contributed by atoms with van der Waals surface area (Å²) in [6, 6.07) is 64.9. The Kier molecular flexibility index (Phi) is 11.2. The van der Waals surface area contributed by atoms with Gasteiger partial charge in [0.25, 0.3) is 6.71 Å². The molecule has 0 fully saturated rings. The summed E-state index contributed by atoms with van der Waals surface area (Å²) in [5.41, 5.74) is 26.5. The number of hydrogen-bond acceptors (Lipinski definition) is 1. The van der Waals surface area contributed by atoms with E-state index in [9.17, 15) is 0 Å². The normalized spacial score (nSPS) is 13.9. The molecule has 0 N–H and O–H groups in total. The topological polar surface area (TPSA) is 18.0 Å². The standard InChI is InChI=1S/C78H81BN4/c1-73(2,3)46-26-32-52(33-27-46)80(53-34-28-47(29-35-53)74(4,5)6)66-25-21-23-56-55-22-19-20-24-63(55)81(72(56)66)54-44-67-69-68(45-54)83-65-37-31-49(76(10,11)12)39-58(65)60-41-51(78(16,17)18)43-62(71(60)83)79(69)61-42-50(77(13,14)15)40-59-57-38-48(75(7,8)9)30-36-64(57)82(67)70(59)61/h19-45H,1-18H3. The molecule has 0 unspecified atom stereocenters. The largest absolute Gasteiger partial charge is 0.310 e. The molecule has 0 aliphatic carbocycles. The van der Waals surface area contributed by atoms with Crippen LogP contribution in [-0.4, -0.2) is 20.4 Å². The Bertz CT molecular complexity index is 4470. The van der Waals surface area contributed by atoms with E-state index in [-0.39, 0.29) is 39.2 Å². The fourth-order valence-corrected chi connectivity index (χ4v) is 14.1. The molecule has 2 aliphatic rings. The van der Waals surface area contributed by atoms with Crippen molar-refractivity contribution in [2.45, 2.75) is 157 Å². The molecule has 5 heterocycles. The van der Waals surface area contributed by atoms with Gasteiger partial charge in [0.15, 0.2) is 0 Å². The molecule has 9 aromatic carbocycles. The van der Waals surface area contributed by atoms with Crippen LogP contribution < -0.4 is 21.3 Å². The summed E-state index contributed by atoms with van der Waals surface area (Å²) >= 11 is 0. The SMILES string of the molecule is CC(C)(C)c1ccc(N(c2ccc(C(C)(C)C)cc2)c2cccc3c4ccccc4n(-c4cc5c6c(c4)-n4c7ccc(C(C)(C)C)cc7c7cc(C(C)(C)C)cc(c74)B6c4cc(C(C)(C)C)cc6c7cc(C(C)(C)C)ccc7n-5c46)c23)cc1. The molecule has 3 aromatic heterocycles. The van der Waals surface area contributed by atoms with E-state index in [0.717, 1.165) is 22.7 Å². The van der Waals surface area contributed by atoms with Gasteiger partial charge in [-0.3, -0.25) is 0 Å². The number of hydrogen-bond donors (Lipinski definition) is 0. The van der Waals surface area contributed by atoms with Crippen molar-refractivity contribution in [1.82, 2.24) is 13.7 Å². The van der Waals surface area contributed by atoms with Gasteiger partial charge < -0.3 is 18.6 Å². The molecule has 4 nitrogen and oxygen atoms in total. The zero-order valence-corrected chi connectivity index (χ0v) is 52.5. The van der Waals surface area contributed by atoms with Gasteiger partial charge in [-0.2, -0.15) is 0 Å². The molecule has 0 bridgehead atoms. The summed E-state index contributed by atoms with van der Waals surface area (Å²) in [6.45, 7) is 42.2. The van der Waals surface area contributed by atoms with Gasteiger partial charge in [-0.15, -0.1) is 0 Å². The molecule has 83 heavy (non-hydrogen) atoms. The second kappa shape index (κ2) is 17.4. The molecule has 5 heteroatoms. The van der Waals surface area contributed by atoms with Gasteiger partial charge >= 0.3 is 0 Å². The molecule has 0 saturated carbocycles. The highest BCUT2D eigenvalue weighted by Gasteiger charge is 2.43. The van der Waals surface area contributed by atoms with Crippen molar-refractivity contribution >= 4 is 106 Å². The fraction of sp³-hybridized carbons (Fsp3) is 0.308. The average Bonchev–Trinajstić information content (AvgIpc) is 1.62. The number of benzene rings is 9. The summed E-state index contributed by atoms with van der Waals surface area (Å²) in [5, 5.41) is 7.75. The summed E-state index contributed by atoms with van der Waals surface area (Å²) in [6.07, 6.45) is 0. The van der Waals surface area contributed by atoms with Gasteiger partial charge in [-0.05, 0) is 167 Å². The Morgan fingerprint density at radius 2 is 0.687 bits per heavy atom. The van der Waals surface area contributed by atoms with Gasteiger partial charge in [-0.1, -0.05) is 203 Å². The van der Waals surface area contributed by atoms with Crippen molar-refractivity contribution in [1.29, 1.82) is 0 Å². The number of para-hydroxylation sites is 2. The highest BCUT2D eigenvalue weighted by molar-refractivity contribution is 7.00. The Morgan fingerprint density at radius 3 is 1.12 bits per heavy atom. The van der Waals surface area contributed by atoms with Crippen LogP contribution in [-0.2, 0) is 32.5 Å². The van der Waals surface area contributed by atoms with Crippen LogP contribution in [0.3, 0.4) is 0 Å². The van der Waals surface area contributed by atoms with E-state index in [0.29, 0.717) is 0 Å². The molecule has 416 valence electrons. The second-order valence-electron chi connectivity index (χ2n) is 30.8. The van der Waals surface area contributed by atoms with Crippen LogP contribution >= 0.6 is 0 Å². The van der Waals surface area contributed by atoms with Crippen molar-refractivity contribution in [3.05, 3.63) is 197 Å². The maximum atomic E-state index is 2.69. The first-order chi connectivity index (χ1) is 39.0. The van der Waals surface area contributed by atoms with E-state index in [1.807, 2.05) is 0 Å². The number of fused-ring (bicyclic) bond motifs is 13. The van der Waals surface area contributed by atoms with Gasteiger partial charge in [0, 0.05) is 66.1 Å². The van der Waals surface area contributed by atoms with Gasteiger partial charge in [0.05, 0.1) is 33.4 Å². The minimum absolute atomic E-state index is 0.0116. The molecule has 0 atom stereocenters. The third-order valence-corrected chi connectivity index (χ3v) is 18.9. The van der Waals surface area contributed by atoms with Crippen LogP contribution in [0, 0.1) is 0 Å². The third kappa shape index (κ3) is 8.06. The molecule has 0 saturated heterocycles. The minimum atomic E-state index is -0.0887. The minimum Gasteiger partial charge on any atom is -0.310 e. The summed E-state index contributed by atoms with van der Waals surface area (Å²) < 4.78 is 7.99. The lowest BCUT2D eigenvalue weighted by molar-refractivity contribution is 0.590. The molecule has 2 aliphatic heterocycles. The molecule has 0 spiro atoms. The van der Waals surface area contributed by atoms with Gasteiger partial charge in [0.1, 0.15) is 0 Å². The highest BCUT2D eigenvalue weighted by atomic mass is 15.2. The van der Waals surface area contributed by atoms with E-state index in [2.05, 4.69) is 307 Å². The van der Waals surface area contributed by atoms with E-state index in [4.69, 9.17) is 0 Å². The number of rotatable bonds is 4. The van der Waals surface area contributed by atoms with Crippen LogP contribution in [0.5, 0.6) is 0 Å². The quantitative estimate of drug-likeness (QED) is 0.161. The predicted octanol–water partition coefficient (Wildman–Crippen LogP) is 19.4. The van der Waals surface area contributed by atoms with Crippen LogP contribution in [0.15, 0.2) is 164 Å². The van der Waals surface area contributed by atoms with Gasteiger partial charge in [0.2, 0.25) is 0 Å². The van der Waals surface area contributed by atoms with E-state index in [1.54, 1.807) is 0 Å². The third-order valence-electron chi connectivity index (χ3n) is 18.9. The molecule has 0 amide bonds. The molecular formula is C78H81BN4. The smallest absolute Gasteiger partial charge is 0.252 e. The lowest BCUT2D eigenvalue weighted by atomic mass is 9.34. The maximum Gasteiger partial charge on any atom is 0.252 e. The van der Waals surface area contributed by atoms with Crippen molar-refractivity contribution < 1.29 is 0 Å². The Labute approximate surface area is 492 Å². The monoisotopic (exact) mass is 1080 g/mol. The van der Waals surface area contributed by atoms with Crippen molar-refractivity contribution in [2.75, 3.05) is 4.90 Å². The average molecular weight is 1090 g/mol. The second-order valence-corrected chi connectivity index (χ2v) is 30.8. The lowest BCUT2D eigenvalue weighted by Crippen LogP contribution is -2.59. The van der Waals surface area contributed by atoms with Crippen molar-refractivity contribution in [3.8, 4) is 17.1 Å². The fourth-order valence-electron chi connectivity index (χ4n) is 14.1. The maximum absolute atomic E-state index is 2.69. The zero-order chi connectivity index (χ0) is 58.6. The van der Waals surface area contributed by atoms with Crippen molar-refractivity contribution in [2.24, 2.45) is 0 Å². The van der Waals surface area contributed by atoms with Crippen LogP contribution in [0.25, 0.3) is 82.5 Å².